The van der Waals surface area contributed by atoms with E-state index in [0.717, 1.165) is 11.8 Å². The first-order valence-corrected chi connectivity index (χ1v) is 12.9. The van der Waals surface area contributed by atoms with Crippen LogP contribution >= 0.6 is 0 Å². The lowest BCUT2D eigenvalue weighted by atomic mass is 9.66. The summed E-state index contributed by atoms with van der Waals surface area (Å²) >= 11 is 0. The average molecular weight is 452 g/mol. The van der Waals surface area contributed by atoms with E-state index in [4.69, 9.17) is 0 Å². The van der Waals surface area contributed by atoms with E-state index in [-0.39, 0.29) is 0 Å². The molecule has 2 bridgehead atoms. The number of hydrogen-bond donors (Lipinski definition) is 0. The van der Waals surface area contributed by atoms with Gasteiger partial charge in [-0.3, -0.25) is 0 Å². The Labute approximate surface area is 207 Å². The quantitative estimate of drug-likeness (QED) is 0.263. The van der Waals surface area contributed by atoms with Gasteiger partial charge in [0.25, 0.3) is 0 Å². The lowest BCUT2D eigenvalue weighted by Crippen LogP contribution is -2.21. The number of para-hydroxylation sites is 2. The summed E-state index contributed by atoms with van der Waals surface area (Å²) in [5, 5.41) is 2.59. The maximum Gasteiger partial charge on any atom is 0.0474 e. The van der Waals surface area contributed by atoms with E-state index in [1.807, 2.05) is 0 Å². The molecule has 0 N–H and O–H groups in total. The summed E-state index contributed by atoms with van der Waals surface area (Å²) in [7, 11) is 0. The third kappa shape index (κ3) is 3.54. The number of nitrogens with zero attached hydrogens (tertiary/aromatic N) is 1. The van der Waals surface area contributed by atoms with E-state index < -0.39 is 0 Å². The smallest absolute Gasteiger partial charge is 0.0474 e. The molecule has 0 atom stereocenters. The third-order valence-electron chi connectivity index (χ3n) is 8.14. The summed E-state index contributed by atoms with van der Waals surface area (Å²) in [6.45, 7) is 0. The molecular formula is C34H29N. The van der Waals surface area contributed by atoms with Crippen molar-refractivity contribution in [2.45, 2.75) is 37.5 Å². The lowest BCUT2D eigenvalue weighted by molar-refractivity contribution is 0.359. The minimum Gasteiger partial charge on any atom is -0.310 e. The third-order valence-corrected chi connectivity index (χ3v) is 8.14. The van der Waals surface area contributed by atoms with Gasteiger partial charge in [0.2, 0.25) is 0 Å². The molecule has 0 spiro atoms. The molecular weight excluding hydrogens is 422 g/mol. The molecule has 0 radical (unpaired) electrons. The van der Waals surface area contributed by atoms with Crippen molar-refractivity contribution in [3.05, 3.63) is 126 Å². The first-order chi connectivity index (χ1) is 17.3. The first-order valence-electron chi connectivity index (χ1n) is 12.9. The predicted octanol–water partition coefficient (Wildman–Crippen LogP) is 9.73. The summed E-state index contributed by atoms with van der Waals surface area (Å²) in [6, 6.07) is 42.3. The predicted molar refractivity (Wildman–Crippen MR) is 148 cm³/mol. The van der Waals surface area contributed by atoms with Crippen LogP contribution in [-0.2, 0) is 0 Å². The van der Waals surface area contributed by atoms with Crippen LogP contribution in [0.25, 0.3) is 21.9 Å². The van der Waals surface area contributed by atoms with E-state index in [9.17, 15) is 0 Å². The molecule has 0 aromatic heterocycles. The van der Waals surface area contributed by atoms with Crippen LogP contribution in [-0.4, -0.2) is 0 Å². The fourth-order valence-electron chi connectivity index (χ4n) is 6.45. The number of hydrogen-bond acceptors (Lipinski definition) is 1. The van der Waals surface area contributed by atoms with Crippen LogP contribution in [0, 0.1) is 0 Å². The molecule has 0 unspecified atom stereocenters. The van der Waals surface area contributed by atoms with Crippen molar-refractivity contribution in [2.24, 2.45) is 0 Å². The zero-order chi connectivity index (χ0) is 23.2. The van der Waals surface area contributed by atoms with Crippen molar-refractivity contribution in [1.29, 1.82) is 0 Å². The summed E-state index contributed by atoms with van der Waals surface area (Å²) in [4.78, 5) is 2.37. The zero-order valence-electron chi connectivity index (χ0n) is 19.9. The highest BCUT2D eigenvalue weighted by molar-refractivity contribution is 6.01. The van der Waals surface area contributed by atoms with Crippen LogP contribution < -0.4 is 4.90 Å². The Morgan fingerprint density at radius 1 is 0.486 bits per heavy atom. The van der Waals surface area contributed by atoms with Gasteiger partial charge >= 0.3 is 0 Å². The Hall–Kier alpha value is -3.84. The van der Waals surface area contributed by atoms with Crippen molar-refractivity contribution in [3.8, 4) is 11.1 Å². The number of benzene rings is 5. The molecule has 3 aliphatic carbocycles. The maximum atomic E-state index is 2.52. The molecule has 5 aromatic carbocycles. The van der Waals surface area contributed by atoms with Gasteiger partial charge in [0, 0.05) is 17.1 Å². The van der Waals surface area contributed by atoms with Crippen molar-refractivity contribution >= 4 is 27.8 Å². The highest BCUT2D eigenvalue weighted by Gasteiger charge is 2.32. The SMILES string of the molecule is c1ccc(N(c2ccccc2)c2cc(-c3ccc4c(c3)C3CCC4CC3)c3ccccc3c2)cc1. The lowest BCUT2D eigenvalue weighted by Gasteiger charge is -2.38. The van der Waals surface area contributed by atoms with Gasteiger partial charge < -0.3 is 4.90 Å². The van der Waals surface area contributed by atoms with E-state index in [1.165, 1.54) is 64.6 Å². The first kappa shape index (κ1) is 20.5. The standard InChI is InChI=1S/C34H29N/c1-3-10-28(11-4-1)35(29-12-5-2-6-13-29)30-21-26-9-7-8-14-31(26)34(23-30)27-19-20-32-24-15-17-25(18-16-24)33(32)22-27/h1-14,19-25H,15-18H2. The van der Waals surface area contributed by atoms with Crippen molar-refractivity contribution < 1.29 is 0 Å². The number of anilines is 3. The van der Waals surface area contributed by atoms with Gasteiger partial charge in [-0.25, -0.2) is 0 Å². The van der Waals surface area contributed by atoms with Crippen molar-refractivity contribution in [1.82, 2.24) is 0 Å². The molecule has 1 saturated carbocycles. The van der Waals surface area contributed by atoms with Crippen LogP contribution in [0.15, 0.2) is 115 Å². The van der Waals surface area contributed by atoms with Crippen LogP contribution in [0.2, 0.25) is 0 Å². The average Bonchev–Trinajstić information content (AvgIpc) is 2.94. The van der Waals surface area contributed by atoms with Gasteiger partial charge in [0.15, 0.2) is 0 Å². The van der Waals surface area contributed by atoms with E-state index in [1.54, 1.807) is 11.1 Å². The largest absolute Gasteiger partial charge is 0.310 e. The Kier molecular flexibility index (Phi) is 4.94. The molecule has 1 nitrogen and oxygen atoms in total. The van der Waals surface area contributed by atoms with Gasteiger partial charge in [-0.1, -0.05) is 78.9 Å². The second kappa shape index (κ2) is 8.43. The Morgan fingerprint density at radius 3 is 1.77 bits per heavy atom. The monoisotopic (exact) mass is 451 g/mol. The molecule has 5 aromatic rings. The molecule has 35 heavy (non-hydrogen) atoms. The molecule has 1 fully saturated rings. The molecule has 170 valence electrons. The van der Waals surface area contributed by atoms with Crippen LogP contribution in [0.5, 0.6) is 0 Å². The van der Waals surface area contributed by atoms with Crippen LogP contribution in [0.1, 0.15) is 48.6 Å². The second-order valence-corrected chi connectivity index (χ2v) is 10.1. The number of fused-ring (bicyclic) bond motifs is 3. The van der Waals surface area contributed by atoms with Gasteiger partial charge in [0.05, 0.1) is 0 Å². The Balaban J connectivity index is 1.44. The summed E-state index contributed by atoms with van der Waals surface area (Å²) < 4.78 is 0. The second-order valence-electron chi connectivity index (χ2n) is 10.1. The minimum absolute atomic E-state index is 0.745. The van der Waals surface area contributed by atoms with Gasteiger partial charge in [0.1, 0.15) is 0 Å². The molecule has 0 aliphatic heterocycles. The Bertz CT molecular complexity index is 1460. The molecule has 0 heterocycles. The van der Waals surface area contributed by atoms with Gasteiger partial charge in [-0.15, -0.1) is 0 Å². The fraction of sp³-hybridized carbons (Fsp3) is 0.176. The molecule has 8 rings (SSSR count). The zero-order valence-corrected chi connectivity index (χ0v) is 19.9. The summed E-state index contributed by atoms with van der Waals surface area (Å²) in [6.07, 6.45) is 5.46. The maximum absolute atomic E-state index is 2.52. The highest BCUT2D eigenvalue weighted by atomic mass is 15.1. The van der Waals surface area contributed by atoms with Crippen LogP contribution in [0.3, 0.4) is 0 Å². The van der Waals surface area contributed by atoms with Gasteiger partial charge in [-0.2, -0.15) is 0 Å². The van der Waals surface area contributed by atoms with Gasteiger partial charge in [-0.05, 0) is 107 Å². The van der Waals surface area contributed by atoms with E-state index in [0.29, 0.717) is 0 Å². The van der Waals surface area contributed by atoms with E-state index in [2.05, 4.69) is 120 Å². The summed E-state index contributed by atoms with van der Waals surface area (Å²) in [5.74, 6) is 1.52. The van der Waals surface area contributed by atoms with Crippen molar-refractivity contribution in [3.63, 3.8) is 0 Å². The van der Waals surface area contributed by atoms with Crippen LogP contribution in [0.4, 0.5) is 17.1 Å². The summed E-state index contributed by atoms with van der Waals surface area (Å²) in [5.41, 5.74) is 9.42. The molecule has 0 amide bonds. The molecule has 3 aliphatic rings. The topological polar surface area (TPSA) is 3.24 Å². The Morgan fingerprint density at radius 2 is 1.09 bits per heavy atom. The van der Waals surface area contributed by atoms with E-state index >= 15 is 0 Å². The molecule has 1 heteroatoms. The molecule has 0 saturated heterocycles. The minimum atomic E-state index is 0.745. The fourth-order valence-corrected chi connectivity index (χ4v) is 6.45. The number of rotatable bonds is 4. The normalized spacial score (nSPS) is 18.4. The van der Waals surface area contributed by atoms with Crippen molar-refractivity contribution in [2.75, 3.05) is 4.90 Å². The highest BCUT2D eigenvalue weighted by Crippen LogP contribution is 2.50.